The molecule has 1 aliphatic heterocycles. The number of carbonyl (C=O) groups excluding carboxylic acids is 1. The minimum Gasteiger partial charge on any atom is -0.344 e. The Morgan fingerprint density at radius 1 is 1.08 bits per heavy atom. The van der Waals surface area contributed by atoms with Gasteiger partial charge in [-0.3, -0.25) is 14.7 Å². The Bertz CT molecular complexity index is 666. The van der Waals surface area contributed by atoms with E-state index < -0.39 is 0 Å². The van der Waals surface area contributed by atoms with Crippen molar-refractivity contribution in [1.29, 1.82) is 0 Å². The Kier molecular flexibility index (Phi) is 6.78. The van der Waals surface area contributed by atoms with Crippen molar-refractivity contribution in [2.24, 2.45) is 5.92 Å². The fraction of sp³-hybridized carbons (Fsp3) is 0.455. The molecular weight excluding hydrogens is 322 g/mol. The van der Waals surface area contributed by atoms with Crippen LogP contribution in [0.1, 0.15) is 24.0 Å². The highest BCUT2D eigenvalue weighted by Crippen LogP contribution is 2.21. The van der Waals surface area contributed by atoms with E-state index in [4.69, 9.17) is 0 Å². The quantitative estimate of drug-likeness (QED) is 0.769. The molecule has 4 nitrogen and oxygen atoms in total. The third-order valence-corrected chi connectivity index (χ3v) is 5.34. The Morgan fingerprint density at radius 3 is 2.46 bits per heavy atom. The molecule has 1 aromatic carbocycles. The van der Waals surface area contributed by atoms with Crippen molar-refractivity contribution in [2.75, 3.05) is 33.2 Å². The second kappa shape index (κ2) is 9.48. The van der Waals surface area contributed by atoms with Crippen LogP contribution in [0.15, 0.2) is 54.9 Å². The smallest absolute Gasteiger partial charge is 0.236 e. The molecule has 1 saturated heterocycles. The minimum absolute atomic E-state index is 0.223. The van der Waals surface area contributed by atoms with Gasteiger partial charge < -0.3 is 4.90 Å². The maximum atomic E-state index is 12.5. The number of nitrogens with zero attached hydrogens (tertiary/aromatic N) is 3. The molecule has 0 radical (unpaired) electrons. The number of hydrogen-bond acceptors (Lipinski definition) is 3. The van der Waals surface area contributed by atoms with E-state index in [9.17, 15) is 4.79 Å². The number of carbonyl (C=O) groups is 1. The zero-order valence-corrected chi connectivity index (χ0v) is 15.7. The summed E-state index contributed by atoms with van der Waals surface area (Å²) in [6, 6.07) is 14.8. The molecule has 1 fully saturated rings. The van der Waals surface area contributed by atoms with Crippen LogP contribution in [-0.2, 0) is 17.6 Å². The first kappa shape index (κ1) is 18.6. The second-order valence-electron chi connectivity index (χ2n) is 7.33. The fourth-order valence-electron chi connectivity index (χ4n) is 3.58. The first-order chi connectivity index (χ1) is 12.7. The normalized spacial score (nSPS) is 15.7. The average Bonchev–Trinajstić information content (AvgIpc) is 2.69. The maximum Gasteiger partial charge on any atom is 0.236 e. The van der Waals surface area contributed by atoms with E-state index in [2.05, 4.69) is 40.2 Å². The molecule has 0 N–H and O–H groups in total. The lowest BCUT2D eigenvalue weighted by Crippen LogP contribution is -2.42. The van der Waals surface area contributed by atoms with Crippen LogP contribution in [-0.4, -0.2) is 53.9 Å². The number of likely N-dealkylation sites (tertiary alicyclic amines) is 1. The molecule has 1 aromatic heterocycles. The molecule has 0 atom stereocenters. The van der Waals surface area contributed by atoms with Crippen molar-refractivity contribution < 1.29 is 4.79 Å². The standard InChI is InChI=1S/C22H29N3O/c1-24(14-9-19-7-12-23-13-8-19)22(26)18-25-15-10-21(11-16-25)17-20-5-3-2-4-6-20/h2-8,12-13,21H,9-11,14-18H2,1H3. The van der Waals surface area contributed by atoms with Crippen molar-refractivity contribution in [2.45, 2.75) is 25.7 Å². The zero-order chi connectivity index (χ0) is 18.2. The van der Waals surface area contributed by atoms with Gasteiger partial charge in [-0.2, -0.15) is 0 Å². The number of benzene rings is 1. The lowest BCUT2D eigenvalue weighted by molar-refractivity contribution is -0.131. The predicted octanol–water partition coefficient (Wildman–Crippen LogP) is 3.04. The lowest BCUT2D eigenvalue weighted by Gasteiger charge is -2.32. The summed E-state index contributed by atoms with van der Waals surface area (Å²) < 4.78 is 0. The Hall–Kier alpha value is -2.20. The van der Waals surface area contributed by atoms with Gasteiger partial charge in [0.05, 0.1) is 6.54 Å². The highest BCUT2D eigenvalue weighted by molar-refractivity contribution is 5.78. The molecule has 26 heavy (non-hydrogen) atoms. The van der Waals surface area contributed by atoms with E-state index in [1.807, 2.05) is 24.1 Å². The maximum absolute atomic E-state index is 12.5. The van der Waals surface area contributed by atoms with E-state index in [1.54, 1.807) is 12.4 Å². The van der Waals surface area contributed by atoms with Crippen LogP contribution >= 0.6 is 0 Å². The van der Waals surface area contributed by atoms with E-state index in [-0.39, 0.29) is 5.91 Å². The summed E-state index contributed by atoms with van der Waals surface area (Å²) in [6.45, 7) is 3.36. The zero-order valence-electron chi connectivity index (χ0n) is 15.7. The number of rotatable bonds is 7. The van der Waals surface area contributed by atoms with Gasteiger partial charge in [-0.1, -0.05) is 30.3 Å². The number of amides is 1. The first-order valence-electron chi connectivity index (χ1n) is 9.60. The van der Waals surface area contributed by atoms with Crippen LogP contribution in [0.25, 0.3) is 0 Å². The summed E-state index contributed by atoms with van der Waals surface area (Å²) in [7, 11) is 1.91. The van der Waals surface area contributed by atoms with E-state index >= 15 is 0 Å². The molecule has 4 heteroatoms. The topological polar surface area (TPSA) is 36.4 Å². The Morgan fingerprint density at radius 2 is 1.77 bits per heavy atom. The van der Waals surface area contributed by atoms with Gasteiger partial charge in [-0.15, -0.1) is 0 Å². The van der Waals surface area contributed by atoms with Crippen LogP contribution in [0.4, 0.5) is 0 Å². The van der Waals surface area contributed by atoms with Gasteiger partial charge in [0.1, 0.15) is 0 Å². The predicted molar refractivity (Wildman–Crippen MR) is 105 cm³/mol. The SMILES string of the molecule is CN(CCc1ccncc1)C(=O)CN1CCC(Cc2ccccc2)CC1. The van der Waals surface area contributed by atoms with Gasteiger partial charge in [-0.25, -0.2) is 0 Å². The largest absolute Gasteiger partial charge is 0.344 e. The Labute approximate surface area is 156 Å². The molecule has 1 amide bonds. The summed E-state index contributed by atoms with van der Waals surface area (Å²) in [5.41, 5.74) is 2.65. The third kappa shape index (κ3) is 5.67. The fourth-order valence-corrected chi connectivity index (χ4v) is 3.58. The molecule has 138 valence electrons. The molecular formula is C22H29N3O. The molecule has 0 saturated carbocycles. The summed E-state index contributed by atoms with van der Waals surface area (Å²) in [4.78, 5) is 20.7. The summed E-state index contributed by atoms with van der Waals surface area (Å²) in [5, 5.41) is 0. The lowest BCUT2D eigenvalue weighted by atomic mass is 9.90. The molecule has 0 spiro atoms. The van der Waals surface area contributed by atoms with E-state index in [1.165, 1.54) is 24.0 Å². The molecule has 2 heterocycles. The van der Waals surface area contributed by atoms with Crippen LogP contribution in [0, 0.1) is 5.92 Å². The van der Waals surface area contributed by atoms with Gasteiger partial charge >= 0.3 is 0 Å². The van der Waals surface area contributed by atoms with Gasteiger partial charge in [0.2, 0.25) is 5.91 Å². The van der Waals surface area contributed by atoms with Gasteiger partial charge in [-0.05, 0) is 68.0 Å². The number of pyridine rings is 1. The van der Waals surface area contributed by atoms with Crippen LogP contribution < -0.4 is 0 Å². The summed E-state index contributed by atoms with van der Waals surface area (Å²) in [5.74, 6) is 0.966. The van der Waals surface area contributed by atoms with Gasteiger partial charge in [0.15, 0.2) is 0 Å². The molecule has 0 bridgehead atoms. The highest BCUT2D eigenvalue weighted by atomic mass is 16.2. The highest BCUT2D eigenvalue weighted by Gasteiger charge is 2.22. The second-order valence-corrected chi connectivity index (χ2v) is 7.33. The van der Waals surface area contributed by atoms with Gasteiger partial charge in [0, 0.05) is 26.0 Å². The van der Waals surface area contributed by atoms with Crippen molar-refractivity contribution in [3.8, 4) is 0 Å². The number of piperidine rings is 1. The van der Waals surface area contributed by atoms with Crippen LogP contribution in [0.3, 0.4) is 0 Å². The van der Waals surface area contributed by atoms with Gasteiger partial charge in [0.25, 0.3) is 0 Å². The monoisotopic (exact) mass is 351 g/mol. The third-order valence-electron chi connectivity index (χ3n) is 5.34. The van der Waals surface area contributed by atoms with Crippen molar-refractivity contribution >= 4 is 5.91 Å². The Balaban J connectivity index is 1.37. The van der Waals surface area contributed by atoms with Crippen molar-refractivity contribution in [3.63, 3.8) is 0 Å². The molecule has 1 aliphatic rings. The number of likely N-dealkylation sites (N-methyl/N-ethyl adjacent to an activating group) is 1. The van der Waals surface area contributed by atoms with Crippen LogP contribution in [0.2, 0.25) is 0 Å². The van der Waals surface area contributed by atoms with Crippen LogP contribution in [0.5, 0.6) is 0 Å². The minimum atomic E-state index is 0.223. The van der Waals surface area contributed by atoms with Crippen molar-refractivity contribution in [3.05, 3.63) is 66.0 Å². The number of aromatic nitrogens is 1. The van der Waals surface area contributed by atoms with E-state index in [0.29, 0.717) is 6.54 Å². The summed E-state index contributed by atoms with van der Waals surface area (Å²) >= 11 is 0. The molecule has 0 aliphatic carbocycles. The average molecular weight is 351 g/mol. The van der Waals surface area contributed by atoms with E-state index in [0.717, 1.165) is 38.4 Å². The molecule has 0 unspecified atom stereocenters. The molecule has 3 rings (SSSR count). The summed E-state index contributed by atoms with van der Waals surface area (Å²) in [6.07, 6.45) is 8.01. The first-order valence-corrected chi connectivity index (χ1v) is 9.60. The van der Waals surface area contributed by atoms with Crippen molar-refractivity contribution in [1.82, 2.24) is 14.8 Å². The molecule has 2 aromatic rings. The number of hydrogen-bond donors (Lipinski definition) is 0.